The lowest BCUT2D eigenvalue weighted by Crippen LogP contribution is -2.44. The SMILES string of the molecule is Cc1ccc2nc(C)n(N3C=C(c4ccccc4)n4c(C)cc5c4C(=CCC5)C3=O)c(=O)c2c1. The van der Waals surface area contributed by atoms with Crippen LogP contribution in [0.3, 0.4) is 0 Å². The largest absolute Gasteiger partial charge is 0.311 e. The molecule has 0 bridgehead atoms. The molecule has 0 N–H and O–H groups in total. The molecular weight excluding hydrogens is 424 g/mol. The Labute approximate surface area is 197 Å². The van der Waals surface area contributed by atoms with E-state index in [1.165, 1.54) is 9.69 Å². The first kappa shape index (κ1) is 20.4. The van der Waals surface area contributed by atoms with Gasteiger partial charge in [0.25, 0.3) is 11.5 Å². The fraction of sp³-hybridized carbons (Fsp3) is 0.179. The van der Waals surface area contributed by atoms with E-state index < -0.39 is 0 Å². The lowest BCUT2D eigenvalue weighted by molar-refractivity contribution is -0.114. The third-order valence-electron chi connectivity index (χ3n) is 6.65. The van der Waals surface area contributed by atoms with Crippen molar-refractivity contribution >= 4 is 28.1 Å². The predicted octanol–water partition coefficient (Wildman–Crippen LogP) is 4.48. The van der Waals surface area contributed by atoms with Crippen LogP contribution in [-0.2, 0) is 11.2 Å². The number of benzene rings is 2. The molecule has 0 fully saturated rings. The first-order chi connectivity index (χ1) is 16.4. The van der Waals surface area contributed by atoms with Crippen LogP contribution in [-0.4, -0.2) is 20.1 Å². The van der Waals surface area contributed by atoms with Gasteiger partial charge in [-0.3, -0.25) is 9.59 Å². The highest BCUT2D eigenvalue weighted by atomic mass is 16.2. The summed E-state index contributed by atoms with van der Waals surface area (Å²) < 4.78 is 3.55. The number of fused-ring (bicyclic) bond motifs is 1. The van der Waals surface area contributed by atoms with Gasteiger partial charge in [0, 0.05) is 11.3 Å². The van der Waals surface area contributed by atoms with Crippen LogP contribution >= 0.6 is 0 Å². The molecule has 2 aliphatic rings. The van der Waals surface area contributed by atoms with Crippen LogP contribution in [0.15, 0.2) is 71.7 Å². The Morgan fingerprint density at radius 3 is 2.53 bits per heavy atom. The van der Waals surface area contributed by atoms with Crippen LogP contribution in [0, 0.1) is 20.8 Å². The summed E-state index contributed by atoms with van der Waals surface area (Å²) in [6.07, 6.45) is 5.45. The molecule has 6 rings (SSSR count). The minimum absolute atomic E-state index is 0.231. The van der Waals surface area contributed by atoms with Gasteiger partial charge in [0.1, 0.15) is 5.82 Å². The van der Waals surface area contributed by atoms with Crippen LogP contribution in [0.1, 0.15) is 40.3 Å². The zero-order valence-corrected chi connectivity index (χ0v) is 19.4. The molecule has 4 aromatic rings. The van der Waals surface area contributed by atoms with Gasteiger partial charge >= 0.3 is 0 Å². The highest BCUT2D eigenvalue weighted by molar-refractivity contribution is 6.26. The minimum atomic E-state index is -0.261. The van der Waals surface area contributed by atoms with Crippen molar-refractivity contribution in [1.29, 1.82) is 0 Å². The predicted molar refractivity (Wildman–Crippen MR) is 134 cm³/mol. The number of carbonyl (C=O) groups excluding carboxylic acids is 1. The normalized spacial score (nSPS) is 15.1. The molecule has 0 saturated heterocycles. The van der Waals surface area contributed by atoms with E-state index >= 15 is 0 Å². The standard InChI is InChI=1S/C28H24N4O2/c1-17-12-13-24-23(14-17)28(34)32(19(3)29-24)30-16-25(20-8-5-4-6-9-20)31-18(2)15-21-10-7-11-22(26(21)31)27(30)33/h4-6,8-9,11-16H,7,10H2,1-3H3. The van der Waals surface area contributed by atoms with Crippen molar-refractivity contribution < 1.29 is 4.79 Å². The van der Waals surface area contributed by atoms with E-state index in [1.807, 2.05) is 61.5 Å². The average Bonchev–Trinajstić information content (AvgIpc) is 3.10. The van der Waals surface area contributed by atoms with Gasteiger partial charge in [-0.05, 0) is 57.4 Å². The second-order valence-corrected chi connectivity index (χ2v) is 8.98. The third-order valence-corrected chi connectivity index (χ3v) is 6.65. The Hall–Kier alpha value is -4.19. The molecule has 2 aromatic carbocycles. The van der Waals surface area contributed by atoms with E-state index in [2.05, 4.69) is 22.5 Å². The summed E-state index contributed by atoms with van der Waals surface area (Å²) in [5.74, 6) is 0.225. The van der Waals surface area contributed by atoms with E-state index in [9.17, 15) is 9.59 Å². The first-order valence-electron chi connectivity index (χ1n) is 11.5. The summed E-state index contributed by atoms with van der Waals surface area (Å²) in [5, 5.41) is 1.94. The highest BCUT2D eigenvalue weighted by Crippen LogP contribution is 2.37. The molecule has 1 amide bonds. The monoisotopic (exact) mass is 448 g/mol. The molecule has 1 aliphatic heterocycles. The van der Waals surface area contributed by atoms with E-state index in [1.54, 1.807) is 13.1 Å². The topological polar surface area (TPSA) is 60.1 Å². The number of allylic oxidation sites excluding steroid dienone is 1. The van der Waals surface area contributed by atoms with Gasteiger partial charge in [-0.2, -0.15) is 4.68 Å². The van der Waals surface area contributed by atoms with Gasteiger partial charge in [0.2, 0.25) is 0 Å². The molecule has 0 spiro atoms. The number of aromatic nitrogens is 3. The number of hydrogen-bond acceptors (Lipinski definition) is 3. The van der Waals surface area contributed by atoms with Gasteiger partial charge in [0.05, 0.1) is 34.1 Å². The van der Waals surface area contributed by atoms with E-state index in [4.69, 9.17) is 0 Å². The Balaban J connectivity index is 1.69. The molecule has 34 heavy (non-hydrogen) atoms. The van der Waals surface area contributed by atoms with Gasteiger partial charge in [-0.1, -0.05) is 48.0 Å². The Bertz CT molecular complexity index is 1620. The number of aryl methyl sites for hydroxylation is 4. The van der Waals surface area contributed by atoms with Crippen LogP contribution in [0.25, 0.3) is 22.2 Å². The molecule has 1 aliphatic carbocycles. The molecule has 6 heteroatoms. The summed E-state index contributed by atoms with van der Waals surface area (Å²) in [6, 6.07) is 17.8. The maximum absolute atomic E-state index is 14.0. The number of carbonyl (C=O) groups is 1. The number of rotatable bonds is 2. The summed E-state index contributed by atoms with van der Waals surface area (Å²) in [5.41, 5.74) is 6.88. The molecule has 0 saturated carbocycles. The Kier molecular flexibility index (Phi) is 4.45. The van der Waals surface area contributed by atoms with Crippen LogP contribution < -0.4 is 10.6 Å². The van der Waals surface area contributed by atoms with E-state index in [0.29, 0.717) is 22.3 Å². The van der Waals surface area contributed by atoms with Crippen molar-refractivity contribution in [1.82, 2.24) is 14.2 Å². The summed E-state index contributed by atoms with van der Waals surface area (Å²) >= 11 is 0. The number of amides is 1. The van der Waals surface area contributed by atoms with Crippen LogP contribution in [0.2, 0.25) is 0 Å². The van der Waals surface area contributed by atoms with Crippen molar-refractivity contribution in [3.05, 3.63) is 111 Å². The molecule has 168 valence electrons. The second kappa shape index (κ2) is 7.42. The van der Waals surface area contributed by atoms with E-state index in [-0.39, 0.29) is 11.5 Å². The molecular formula is C28H24N4O2. The van der Waals surface area contributed by atoms with Gasteiger partial charge in [0.15, 0.2) is 0 Å². The maximum atomic E-state index is 14.0. The van der Waals surface area contributed by atoms with E-state index in [0.717, 1.165) is 46.6 Å². The van der Waals surface area contributed by atoms with Gasteiger partial charge < -0.3 is 4.57 Å². The quantitative estimate of drug-likeness (QED) is 0.454. The highest BCUT2D eigenvalue weighted by Gasteiger charge is 2.33. The van der Waals surface area contributed by atoms with Crippen LogP contribution in [0.4, 0.5) is 0 Å². The first-order valence-corrected chi connectivity index (χ1v) is 11.5. The van der Waals surface area contributed by atoms with Gasteiger partial charge in [-0.25, -0.2) is 9.99 Å². The fourth-order valence-corrected chi connectivity index (χ4v) is 5.13. The average molecular weight is 449 g/mol. The summed E-state index contributed by atoms with van der Waals surface area (Å²) in [6.45, 7) is 5.77. The third kappa shape index (κ3) is 2.91. The lowest BCUT2D eigenvalue weighted by atomic mass is 9.96. The molecule has 0 atom stereocenters. The van der Waals surface area contributed by atoms with Crippen LogP contribution in [0.5, 0.6) is 0 Å². The zero-order valence-electron chi connectivity index (χ0n) is 19.4. The minimum Gasteiger partial charge on any atom is -0.311 e. The van der Waals surface area contributed by atoms with Crippen molar-refractivity contribution in [2.45, 2.75) is 33.6 Å². The van der Waals surface area contributed by atoms with Crippen molar-refractivity contribution in [2.75, 3.05) is 5.01 Å². The molecule has 0 radical (unpaired) electrons. The number of nitrogens with zero attached hydrogens (tertiary/aromatic N) is 4. The Morgan fingerprint density at radius 2 is 1.74 bits per heavy atom. The van der Waals surface area contributed by atoms with Crippen molar-refractivity contribution in [3.63, 3.8) is 0 Å². The smallest absolute Gasteiger partial charge is 0.280 e. The fourth-order valence-electron chi connectivity index (χ4n) is 5.13. The number of hydrogen-bond donors (Lipinski definition) is 0. The second-order valence-electron chi connectivity index (χ2n) is 8.98. The molecule has 0 unspecified atom stereocenters. The zero-order chi connectivity index (χ0) is 23.6. The molecule has 2 aromatic heterocycles. The van der Waals surface area contributed by atoms with Gasteiger partial charge in [-0.15, -0.1) is 0 Å². The van der Waals surface area contributed by atoms with Crippen molar-refractivity contribution in [3.8, 4) is 0 Å². The molecule has 6 nitrogen and oxygen atoms in total. The lowest BCUT2D eigenvalue weighted by Gasteiger charge is -2.23. The Morgan fingerprint density at radius 1 is 0.941 bits per heavy atom. The maximum Gasteiger partial charge on any atom is 0.280 e. The van der Waals surface area contributed by atoms with Crippen molar-refractivity contribution in [2.24, 2.45) is 0 Å². The summed E-state index contributed by atoms with van der Waals surface area (Å²) in [7, 11) is 0. The molecule has 3 heterocycles. The summed E-state index contributed by atoms with van der Waals surface area (Å²) in [4.78, 5) is 32.4.